The second-order valence-corrected chi connectivity index (χ2v) is 6.64. The van der Waals surface area contributed by atoms with Crippen molar-refractivity contribution in [1.29, 1.82) is 0 Å². The molecule has 2 aromatic heterocycles. The van der Waals surface area contributed by atoms with E-state index in [0.717, 1.165) is 32.6 Å². The van der Waals surface area contributed by atoms with Crippen molar-refractivity contribution in [2.45, 2.75) is 24.9 Å². The Kier molecular flexibility index (Phi) is 3.41. The van der Waals surface area contributed by atoms with E-state index in [1.54, 1.807) is 12.4 Å². The zero-order chi connectivity index (χ0) is 15.9. The van der Waals surface area contributed by atoms with Crippen molar-refractivity contribution in [2.75, 3.05) is 19.6 Å². The molecule has 23 heavy (non-hydrogen) atoms. The lowest BCUT2D eigenvalue weighted by Crippen LogP contribution is -2.60. The quantitative estimate of drug-likeness (QED) is 0.857. The number of nitrogens with zero attached hydrogens (tertiary/aromatic N) is 5. The van der Waals surface area contributed by atoms with E-state index in [-0.39, 0.29) is 11.4 Å². The van der Waals surface area contributed by atoms with Crippen molar-refractivity contribution in [1.82, 2.24) is 24.6 Å². The molecule has 0 radical (unpaired) electrons. The third-order valence-corrected chi connectivity index (χ3v) is 5.18. The molecule has 4 rings (SSSR count). The Morgan fingerprint density at radius 3 is 2.83 bits per heavy atom. The van der Waals surface area contributed by atoms with Crippen molar-refractivity contribution >= 4 is 5.91 Å². The van der Waals surface area contributed by atoms with Crippen LogP contribution in [0.1, 0.15) is 28.8 Å². The molecule has 2 aromatic rings. The molecular weight excluding hydrogens is 290 g/mol. The van der Waals surface area contributed by atoms with Crippen LogP contribution in [0, 0.1) is 0 Å². The topological polar surface area (TPSA) is 54.3 Å². The summed E-state index contributed by atoms with van der Waals surface area (Å²) in [6.45, 7) is 3.67. The number of aryl methyl sites for hydroxylation is 1. The molecule has 2 aliphatic rings. The maximum Gasteiger partial charge on any atom is 0.255 e. The molecule has 6 nitrogen and oxygen atoms in total. The second-order valence-electron chi connectivity index (χ2n) is 6.64. The van der Waals surface area contributed by atoms with Gasteiger partial charge in [0.15, 0.2) is 0 Å². The average Bonchev–Trinajstić information content (AvgIpc) is 3.20. The summed E-state index contributed by atoms with van der Waals surface area (Å²) in [5.41, 5.74) is 2.08. The van der Waals surface area contributed by atoms with Gasteiger partial charge >= 0.3 is 0 Å². The summed E-state index contributed by atoms with van der Waals surface area (Å²) in [5, 5.41) is 4.24. The highest BCUT2D eigenvalue weighted by molar-refractivity contribution is 5.94. The number of hydrogen-bond donors (Lipinski definition) is 0. The van der Waals surface area contributed by atoms with Crippen LogP contribution in [0.5, 0.6) is 0 Å². The van der Waals surface area contributed by atoms with Crippen LogP contribution in [0.4, 0.5) is 0 Å². The maximum atomic E-state index is 12.6. The lowest BCUT2D eigenvalue weighted by Gasteiger charge is -2.50. The van der Waals surface area contributed by atoms with Crippen LogP contribution in [0.25, 0.3) is 0 Å². The molecule has 0 aromatic carbocycles. The zero-order valence-electron chi connectivity index (χ0n) is 13.4. The largest absolute Gasteiger partial charge is 0.337 e. The highest BCUT2D eigenvalue weighted by atomic mass is 16.2. The van der Waals surface area contributed by atoms with E-state index in [1.807, 2.05) is 35.0 Å². The number of rotatable bonds is 3. The summed E-state index contributed by atoms with van der Waals surface area (Å²) >= 11 is 0. The number of pyridine rings is 1. The van der Waals surface area contributed by atoms with Crippen LogP contribution < -0.4 is 0 Å². The minimum Gasteiger partial charge on any atom is -0.337 e. The van der Waals surface area contributed by atoms with Gasteiger partial charge in [-0.05, 0) is 25.0 Å². The Hall–Kier alpha value is -2.21. The fourth-order valence-electron chi connectivity index (χ4n) is 3.77. The number of aromatic nitrogens is 3. The first-order valence-electron chi connectivity index (χ1n) is 8.08. The lowest BCUT2D eigenvalue weighted by molar-refractivity contribution is -0.0131. The van der Waals surface area contributed by atoms with Gasteiger partial charge in [0.05, 0.1) is 11.8 Å². The van der Waals surface area contributed by atoms with Crippen molar-refractivity contribution in [2.24, 2.45) is 7.05 Å². The third-order valence-electron chi connectivity index (χ3n) is 5.18. The lowest BCUT2D eigenvalue weighted by atomic mass is 9.83. The predicted molar refractivity (Wildman–Crippen MR) is 85.7 cm³/mol. The summed E-state index contributed by atoms with van der Waals surface area (Å²) in [6.07, 6.45) is 9.58. The van der Waals surface area contributed by atoms with Gasteiger partial charge in [-0.1, -0.05) is 0 Å². The van der Waals surface area contributed by atoms with Gasteiger partial charge in [0.2, 0.25) is 0 Å². The molecule has 120 valence electrons. The minimum atomic E-state index is 0.100. The van der Waals surface area contributed by atoms with E-state index in [9.17, 15) is 4.79 Å². The van der Waals surface area contributed by atoms with Crippen LogP contribution in [0.3, 0.4) is 0 Å². The highest BCUT2D eigenvalue weighted by Gasteiger charge is 2.50. The number of amides is 1. The number of hydrogen-bond acceptors (Lipinski definition) is 4. The highest BCUT2D eigenvalue weighted by Crippen LogP contribution is 2.40. The van der Waals surface area contributed by atoms with Gasteiger partial charge in [0.1, 0.15) is 0 Å². The molecule has 2 saturated heterocycles. The van der Waals surface area contributed by atoms with Crippen molar-refractivity contribution in [3.05, 3.63) is 48.0 Å². The van der Waals surface area contributed by atoms with E-state index in [4.69, 9.17) is 0 Å². The fraction of sp³-hybridized carbons (Fsp3) is 0.471. The Morgan fingerprint density at radius 2 is 2.17 bits per heavy atom. The SMILES string of the molecule is Cn1cc(CN2CCC23CCN(C(=O)c2cccnc2)C3)cn1. The van der Waals surface area contributed by atoms with Gasteiger partial charge in [-0.25, -0.2) is 0 Å². The minimum absolute atomic E-state index is 0.100. The van der Waals surface area contributed by atoms with Gasteiger partial charge in [0, 0.05) is 62.9 Å². The van der Waals surface area contributed by atoms with E-state index in [1.165, 1.54) is 12.0 Å². The zero-order valence-corrected chi connectivity index (χ0v) is 13.4. The molecule has 1 amide bonds. The first-order valence-corrected chi connectivity index (χ1v) is 8.08. The molecule has 0 aliphatic carbocycles. The third kappa shape index (κ3) is 2.53. The molecule has 4 heterocycles. The van der Waals surface area contributed by atoms with E-state index < -0.39 is 0 Å². The molecule has 6 heteroatoms. The summed E-state index contributed by atoms with van der Waals surface area (Å²) in [6, 6.07) is 3.66. The van der Waals surface area contributed by atoms with Gasteiger partial charge in [0.25, 0.3) is 5.91 Å². The van der Waals surface area contributed by atoms with Gasteiger partial charge in [-0.2, -0.15) is 5.10 Å². The molecule has 0 N–H and O–H groups in total. The Labute approximate surface area is 135 Å². The fourth-order valence-corrected chi connectivity index (χ4v) is 3.77. The van der Waals surface area contributed by atoms with Gasteiger partial charge in [-0.15, -0.1) is 0 Å². The van der Waals surface area contributed by atoms with Crippen LogP contribution in [-0.2, 0) is 13.6 Å². The molecule has 2 fully saturated rings. The Morgan fingerprint density at radius 1 is 1.30 bits per heavy atom. The van der Waals surface area contributed by atoms with Crippen LogP contribution in [0.2, 0.25) is 0 Å². The normalized spacial score (nSPS) is 24.1. The van der Waals surface area contributed by atoms with Gasteiger partial charge < -0.3 is 4.90 Å². The van der Waals surface area contributed by atoms with Crippen LogP contribution >= 0.6 is 0 Å². The standard InChI is InChI=1S/C17H21N5O/c1-20-11-14(9-19-20)12-22-8-5-17(22)4-7-21(13-17)16(23)15-3-2-6-18-10-15/h2-3,6,9-11H,4-5,7-8,12-13H2,1H3. The van der Waals surface area contributed by atoms with Crippen molar-refractivity contribution in [3.63, 3.8) is 0 Å². The Balaban J connectivity index is 1.44. The average molecular weight is 311 g/mol. The smallest absolute Gasteiger partial charge is 0.255 e. The maximum absolute atomic E-state index is 12.6. The number of carbonyl (C=O) groups excluding carboxylic acids is 1. The summed E-state index contributed by atoms with van der Waals surface area (Å²) in [5.74, 6) is 0.100. The molecular formula is C17H21N5O. The second kappa shape index (κ2) is 5.45. The molecule has 2 aliphatic heterocycles. The first-order chi connectivity index (χ1) is 11.2. The predicted octanol–water partition coefficient (Wildman–Crippen LogP) is 1.31. The summed E-state index contributed by atoms with van der Waals surface area (Å²) in [4.78, 5) is 21.1. The molecule has 0 bridgehead atoms. The molecule has 1 atom stereocenters. The molecule has 1 unspecified atom stereocenters. The first kappa shape index (κ1) is 14.4. The Bertz CT molecular complexity index is 713. The summed E-state index contributed by atoms with van der Waals surface area (Å²) in [7, 11) is 1.94. The van der Waals surface area contributed by atoms with Crippen molar-refractivity contribution < 1.29 is 4.79 Å². The van der Waals surface area contributed by atoms with E-state index >= 15 is 0 Å². The van der Waals surface area contributed by atoms with Gasteiger partial charge in [-0.3, -0.25) is 19.4 Å². The van der Waals surface area contributed by atoms with E-state index in [2.05, 4.69) is 21.2 Å². The summed E-state index contributed by atoms with van der Waals surface area (Å²) < 4.78 is 1.84. The number of carbonyl (C=O) groups is 1. The molecule has 1 spiro atoms. The monoisotopic (exact) mass is 311 g/mol. The van der Waals surface area contributed by atoms with Crippen LogP contribution in [0.15, 0.2) is 36.9 Å². The molecule has 0 saturated carbocycles. The van der Waals surface area contributed by atoms with Crippen LogP contribution in [-0.4, -0.2) is 55.6 Å². The van der Waals surface area contributed by atoms with E-state index in [0.29, 0.717) is 5.56 Å². The number of likely N-dealkylation sites (tertiary alicyclic amines) is 2. The van der Waals surface area contributed by atoms with Crippen molar-refractivity contribution in [3.8, 4) is 0 Å².